The van der Waals surface area contributed by atoms with E-state index in [9.17, 15) is 0 Å². The van der Waals surface area contributed by atoms with E-state index in [-0.39, 0.29) is 0 Å². The Balaban J connectivity index is 2.07. The molecule has 100 valence electrons. The van der Waals surface area contributed by atoms with Gasteiger partial charge in [0.2, 0.25) is 0 Å². The molecule has 8 heteroatoms. The van der Waals surface area contributed by atoms with Crippen LogP contribution in [-0.4, -0.2) is 45.1 Å². The third-order valence-electron chi connectivity index (χ3n) is 3.30. The van der Waals surface area contributed by atoms with E-state index in [2.05, 4.69) is 51.2 Å². The SMILES string of the molecule is CN=C[C@@H]1CCCN1c1ncnc2c1ncn2PI. The Morgan fingerprint density at radius 3 is 3.16 bits per heavy atom. The molecule has 2 aromatic rings. The Morgan fingerprint density at radius 1 is 1.47 bits per heavy atom. The van der Waals surface area contributed by atoms with Gasteiger partial charge in [-0.3, -0.25) is 9.33 Å². The van der Waals surface area contributed by atoms with Crippen LogP contribution in [0, 0.1) is 0 Å². The Morgan fingerprint density at radius 2 is 2.37 bits per heavy atom. The highest BCUT2D eigenvalue weighted by Gasteiger charge is 2.26. The number of rotatable bonds is 3. The van der Waals surface area contributed by atoms with E-state index in [1.54, 1.807) is 6.33 Å². The summed E-state index contributed by atoms with van der Waals surface area (Å²) in [7, 11) is 1.82. The molecule has 0 amide bonds. The van der Waals surface area contributed by atoms with Gasteiger partial charge in [-0.25, -0.2) is 15.0 Å². The highest BCUT2D eigenvalue weighted by atomic mass is 127. The van der Waals surface area contributed by atoms with Crippen LogP contribution in [0.3, 0.4) is 0 Å². The maximum absolute atomic E-state index is 4.48. The summed E-state index contributed by atoms with van der Waals surface area (Å²) < 4.78 is 2.06. The quantitative estimate of drug-likeness (QED) is 0.460. The maximum Gasteiger partial charge on any atom is 0.169 e. The zero-order valence-electron chi connectivity index (χ0n) is 10.5. The summed E-state index contributed by atoms with van der Waals surface area (Å²) in [5, 5.41) is 0. The molecule has 1 fully saturated rings. The molecule has 0 spiro atoms. The molecule has 2 atom stereocenters. The summed E-state index contributed by atoms with van der Waals surface area (Å²) in [5.74, 6) is 0.931. The first-order valence-electron chi connectivity index (χ1n) is 6.08. The molecule has 3 heterocycles. The average Bonchev–Trinajstić information content (AvgIpc) is 3.04. The number of aliphatic imine (C=N–C) groups is 1. The third kappa shape index (κ3) is 2.33. The van der Waals surface area contributed by atoms with E-state index < -0.39 is 0 Å². The van der Waals surface area contributed by atoms with E-state index in [4.69, 9.17) is 0 Å². The molecular formula is C11H14IN6P. The van der Waals surface area contributed by atoms with Crippen molar-refractivity contribution in [1.82, 2.24) is 19.3 Å². The van der Waals surface area contributed by atoms with E-state index in [1.165, 1.54) is 0 Å². The molecular weight excluding hydrogens is 374 g/mol. The van der Waals surface area contributed by atoms with Gasteiger partial charge in [0.05, 0.1) is 12.4 Å². The summed E-state index contributed by atoms with van der Waals surface area (Å²) in [4.78, 5) is 19.7. The molecule has 1 aliphatic rings. The van der Waals surface area contributed by atoms with E-state index in [1.807, 2.05) is 19.6 Å². The van der Waals surface area contributed by atoms with E-state index in [0.29, 0.717) is 12.4 Å². The van der Waals surface area contributed by atoms with Gasteiger partial charge in [0.25, 0.3) is 0 Å². The largest absolute Gasteiger partial charge is 0.347 e. The second-order valence-electron chi connectivity index (χ2n) is 4.38. The van der Waals surface area contributed by atoms with Crippen LogP contribution in [0.1, 0.15) is 12.8 Å². The van der Waals surface area contributed by atoms with Crippen molar-refractivity contribution >= 4 is 51.6 Å². The summed E-state index contributed by atoms with van der Waals surface area (Å²) >= 11 is 2.33. The predicted molar refractivity (Wildman–Crippen MR) is 87.8 cm³/mol. The van der Waals surface area contributed by atoms with Gasteiger partial charge in [-0.1, -0.05) is 0 Å². The van der Waals surface area contributed by atoms with Crippen molar-refractivity contribution in [2.75, 3.05) is 18.5 Å². The van der Waals surface area contributed by atoms with Gasteiger partial charge < -0.3 is 4.90 Å². The van der Waals surface area contributed by atoms with Crippen molar-refractivity contribution in [3.05, 3.63) is 12.7 Å². The van der Waals surface area contributed by atoms with Gasteiger partial charge in [-0.15, -0.1) is 0 Å². The molecule has 1 saturated heterocycles. The highest BCUT2D eigenvalue weighted by Crippen LogP contribution is 2.32. The zero-order chi connectivity index (χ0) is 13.2. The van der Waals surface area contributed by atoms with Crippen molar-refractivity contribution in [2.24, 2.45) is 4.99 Å². The molecule has 0 aliphatic carbocycles. The number of imidazole rings is 1. The van der Waals surface area contributed by atoms with Crippen LogP contribution in [-0.2, 0) is 0 Å². The second-order valence-corrected chi connectivity index (χ2v) is 6.48. The molecule has 1 unspecified atom stereocenters. The maximum atomic E-state index is 4.48. The molecule has 0 radical (unpaired) electrons. The van der Waals surface area contributed by atoms with Gasteiger partial charge >= 0.3 is 0 Å². The van der Waals surface area contributed by atoms with Crippen LogP contribution in [0.5, 0.6) is 0 Å². The zero-order valence-corrected chi connectivity index (χ0v) is 13.6. The first kappa shape index (κ1) is 13.2. The van der Waals surface area contributed by atoms with Crippen molar-refractivity contribution in [2.45, 2.75) is 18.9 Å². The smallest absolute Gasteiger partial charge is 0.169 e. The van der Waals surface area contributed by atoms with Crippen molar-refractivity contribution in [3.8, 4) is 0 Å². The Hall–Kier alpha value is -0.820. The van der Waals surface area contributed by atoms with Crippen molar-refractivity contribution < 1.29 is 0 Å². The normalized spacial score (nSPS) is 20.5. The molecule has 0 aromatic carbocycles. The Labute approximate surface area is 126 Å². The second kappa shape index (κ2) is 5.66. The van der Waals surface area contributed by atoms with Gasteiger partial charge in [0.1, 0.15) is 12.7 Å². The average molecular weight is 388 g/mol. The number of fused-ring (bicyclic) bond motifs is 1. The van der Waals surface area contributed by atoms with Crippen molar-refractivity contribution in [3.63, 3.8) is 0 Å². The lowest BCUT2D eigenvalue weighted by molar-refractivity contribution is 0.844. The molecule has 2 aromatic heterocycles. The number of hydrogen-bond donors (Lipinski definition) is 0. The molecule has 1 aliphatic heterocycles. The Bertz CT molecular complexity index is 612. The minimum absolute atomic E-state index is 0.329. The summed E-state index contributed by atoms with van der Waals surface area (Å²) in [6, 6.07) is 0.329. The molecule has 6 nitrogen and oxygen atoms in total. The highest BCUT2D eigenvalue weighted by molar-refractivity contribution is 14.2. The third-order valence-corrected chi connectivity index (χ3v) is 5.37. The van der Waals surface area contributed by atoms with Crippen molar-refractivity contribution in [1.29, 1.82) is 0 Å². The lowest BCUT2D eigenvalue weighted by Crippen LogP contribution is -2.31. The van der Waals surface area contributed by atoms with Crippen LogP contribution in [0.2, 0.25) is 0 Å². The van der Waals surface area contributed by atoms with Gasteiger partial charge in [0, 0.05) is 19.8 Å². The number of hydrogen-bond acceptors (Lipinski definition) is 5. The number of anilines is 1. The molecule has 0 bridgehead atoms. The number of aromatic nitrogens is 4. The molecule has 0 N–H and O–H groups in total. The van der Waals surface area contributed by atoms with Crippen LogP contribution in [0.15, 0.2) is 17.6 Å². The van der Waals surface area contributed by atoms with Crippen LogP contribution in [0.4, 0.5) is 5.82 Å². The lowest BCUT2D eigenvalue weighted by atomic mass is 10.2. The van der Waals surface area contributed by atoms with E-state index >= 15 is 0 Å². The minimum Gasteiger partial charge on any atom is -0.347 e. The van der Waals surface area contributed by atoms with E-state index in [0.717, 1.165) is 36.4 Å². The van der Waals surface area contributed by atoms with Gasteiger partial charge in [0.15, 0.2) is 17.0 Å². The van der Waals surface area contributed by atoms with Crippen LogP contribution < -0.4 is 4.90 Å². The summed E-state index contributed by atoms with van der Waals surface area (Å²) in [6.45, 7) is 1.00. The van der Waals surface area contributed by atoms with Gasteiger partial charge in [-0.05, 0) is 34.9 Å². The Kier molecular flexibility index (Phi) is 3.93. The molecule has 3 rings (SSSR count). The van der Waals surface area contributed by atoms with Crippen LogP contribution in [0.25, 0.3) is 11.2 Å². The lowest BCUT2D eigenvalue weighted by Gasteiger charge is -2.22. The first-order chi connectivity index (χ1) is 9.35. The molecule has 0 saturated carbocycles. The van der Waals surface area contributed by atoms with Crippen LogP contribution >= 0.6 is 28.4 Å². The number of halogens is 1. The fraction of sp³-hybridized carbons (Fsp3) is 0.455. The monoisotopic (exact) mass is 388 g/mol. The number of nitrogens with zero attached hydrogens (tertiary/aromatic N) is 6. The van der Waals surface area contributed by atoms with Gasteiger partial charge in [-0.2, -0.15) is 0 Å². The first-order valence-corrected chi connectivity index (χ1v) is 10.1. The fourth-order valence-corrected chi connectivity index (χ4v) is 3.88. The predicted octanol–water partition coefficient (Wildman–Crippen LogP) is 2.29. The summed E-state index contributed by atoms with van der Waals surface area (Å²) in [5.41, 5.74) is 1.81. The topological polar surface area (TPSA) is 59.2 Å². The fourth-order valence-electron chi connectivity index (χ4n) is 2.48. The molecule has 19 heavy (non-hydrogen) atoms. The minimum atomic E-state index is 0.329. The standard InChI is InChI=1S/C11H14IN6P/c1-13-5-8-3-2-4-17(8)10-9-11(15-6-14-10)18(19-12)7-16-9/h5-8,19H,2-4H2,1H3/t8-/m0/s1. The summed E-state index contributed by atoms with van der Waals surface area (Å²) in [6.07, 6.45) is 8.35.